The molecule has 40 heavy (non-hydrogen) atoms. The van der Waals surface area contributed by atoms with Crippen LogP contribution in [0.25, 0.3) is 0 Å². The van der Waals surface area contributed by atoms with E-state index in [0.29, 0.717) is 48.2 Å². The van der Waals surface area contributed by atoms with Crippen LogP contribution in [0.5, 0.6) is 0 Å². The van der Waals surface area contributed by atoms with Crippen LogP contribution in [0.1, 0.15) is 71.6 Å². The number of carbonyl (C=O) groups is 3. The molecule has 5 rings (SSSR count). The predicted molar refractivity (Wildman–Crippen MR) is 150 cm³/mol. The van der Waals surface area contributed by atoms with Gasteiger partial charge in [0.05, 0.1) is 11.4 Å². The van der Waals surface area contributed by atoms with Gasteiger partial charge in [0.25, 0.3) is 0 Å². The monoisotopic (exact) mass is 557 g/mol. The molecule has 5 aliphatic rings. The van der Waals surface area contributed by atoms with Gasteiger partial charge in [0, 0.05) is 42.9 Å². The summed E-state index contributed by atoms with van der Waals surface area (Å²) in [6.07, 6.45) is 12.1. The number of oxime groups is 2. The van der Waals surface area contributed by atoms with E-state index < -0.39 is 11.9 Å². The van der Waals surface area contributed by atoms with Gasteiger partial charge >= 0.3 is 11.9 Å². The number of carboxylic acid groups (broad SMARTS) is 2. The molecule has 1 unspecified atom stereocenters. The van der Waals surface area contributed by atoms with Crippen molar-refractivity contribution in [1.82, 2.24) is 5.32 Å². The molecule has 4 aliphatic carbocycles. The van der Waals surface area contributed by atoms with Gasteiger partial charge in [-0.15, -0.1) is 0 Å². The Hall–Kier alpha value is -3.01. The lowest BCUT2D eigenvalue weighted by Gasteiger charge is -2.59. The van der Waals surface area contributed by atoms with Crippen molar-refractivity contribution >= 4 is 29.1 Å². The van der Waals surface area contributed by atoms with Crippen molar-refractivity contribution in [1.29, 1.82) is 0 Å². The van der Waals surface area contributed by atoms with Crippen LogP contribution >= 0.6 is 0 Å². The van der Waals surface area contributed by atoms with Crippen molar-refractivity contribution in [2.24, 2.45) is 44.8 Å². The van der Waals surface area contributed by atoms with E-state index in [1.807, 2.05) is 0 Å². The van der Waals surface area contributed by atoms with Crippen molar-refractivity contribution in [2.45, 2.75) is 77.7 Å². The number of nitrogens with zero attached hydrogens (tertiary/aromatic N) is 2. The topological polar surface area (TPSA) is 147 Å². The molecule has 10 nitrogen and oxygen atoms in total. The molecule has 4 saturated carbocycles. The lowest BCUT2D eigenvalue weighted by Crippen LogP contribution is -2.57. The van der Waals surface area contributed by atoms with Crippen LogP contribution in [0.3, 0.4) is 0 Å². The Balaban J connectivity index is 0.000000406. The van der Waals surface area contributed by atoms with Gasteiger partial charge in [-0.1, -0.05) is 36.8 Å². The molecule has 0 bridgehead atoms. The molecule has 220 valence electrons. The minimum absolute atomic E-state index is 0.173. The van der Waals surface area contributed by atoms with Gasteiger partial charge in [-0.25, -0.2) is 9.59 Å². The first-order valence-corrected chi connectivity index (χ1v) is 14.5. The summed E-state index contributed by atoms with van der Waals surface area (Å²) in [5.74, 6) is -0.195. The van der Waals surface area contributed by atoms with Gasteiger partial charge in [-0.3, -0.25) is 4.79 Å². The molecule has 0 aromatic heterocycles. The molecule has 0 radical (unpaired) electrons. The van der Waals surface area contributed by atoms with Crippen molar-refractivity contribution in [2.75, 3.05) is 19.7 Å². The highest BCUT2D eigenvalue weighted by atomic mass is 16.6. The summed E-state index contributed by atoms with van der Waals surface area (Å²) >= 11 is 0. The van der Waals surface area contributed by atoms with Crippen LogP contribution in [0.15, 0.2) is 35.1 Å². The number of hydrogen-bond acceptors (Lipinski definition) is 8. The summed E-state index contributed by atoms with van der Waals surface area (Å²) in [5.41, 5.74) is 2.49. The highest BCUT2D eigenvalue weighted by Crippen LogP contribution is 2.64. The van der Waals surface area contributed by atoms with E-state index >= 15 is 0 Å². The zero-order chi connectivity index (χ0) is 28.9. The number of fused-ring (bicyclic) bond motifs is 5. The van der Waals surface area contributed by atoms with Gasteiger partial charge in [-0.05, 0) is 74.7 Å². The van der Waals surface area contributed by atoms with Gasteiger partial charge in [-0.2, -0.15) is 0 Å². The van der Waals surface area contributed by atoms with Gasteiger partial charge in [0.1, 0.15) is 18.5 Å². The van der Waals surface area contributed by atoms with Gasteiger partial charge < -0.3 is 25.2 Å². The molecule has 1 heterocycles. The standard InChI is InChI=1S/C26H39N3O3.C4H4O4/c1-4-13-31-29-22-15-17-14-18(28-32-19-9-12-27-16-19)7-10-25(17,2)21-8-11-26(3)20(24(21)22)5-6-23(26)30;5-3(6)1-2-4(7)8/h4,17,19-21,24,27H,1,5-16H2,2-3H3;1-2H,(H,5,6)(H,7,8)/b28-18?,29-22+;2-1+/t17?,19-,20+,21+,24+,25+,26+;/m1./s1. The van der Waals surface area contributed by atoms with Crippen molar-refractivity contribution < 1.29 is 34.3 Å². The first-order chi connectivity index (χ1) is 19.1. The highest BCUT2D eigenvalue weighted by molar-refractivity contribution is 5.94. The largest absolute Gasteiger partial charge is 0.478 e. The Morgan fingerprint density at radius 1 is 1.05 bits per heavy atom. The van der Waals surface area contributed by atoms with E-state index in [-0.39, 0.29) is 16.9 Å². The normalized spacial score (nSPS) is 38.6. The molecule has 0 spiro atoms. The molecule has 0 aromatic carbocycles. The number of carboxylic acids is 2. The van der Waals surface area contributed by atoms with E-state index in [2.05, 4.69) is 36.1 Å². The van der Waals surface area contributed by atoms with Crippen LogP contribution in [-0.2, 0) is 24.1 Å². The van der Waals surface area contributed by atoms with Crippen molar-refractivity contribution in [3.05, 3.63) is 24.8 Å². The third-order valence-corrected chi connectivity index (χ3v) is 10.1. The smallest absolute Gasteiger partial charge is 0.328 e. The second kappa shape index (κ2) is 12.7. The van der Waals surface area contributed by atoms with Gasteiger partial charge in [0.2, 0.25) is 0 Å². The Bertz CT molecular complexity index is 1060. The summed E-state index contributed by atoms with van der Waals surface area (Å²) < 4.78 is 0. The number of aliphatic carboxylic acids is 2. The Labute approximate surface area is 235 Å². The summed E-state index contributed by atoms with van der Waals surface area (Å²) in [6, 6.07) is 0. The third-order valence-electron chi connectivity index (χ3n) is 10.1. The SMILES string of the molecule is C=CCO/N=C1\CC2CC(=NO[C@@H]3CCNC3)CC[C@]2(C)[C@H]2CC[C@]3(C)C(=O)CC[C@H]3[C@H]12.O=C(O)/C=C/C(=O)O. The van der Waals surface area contributed by atoms with E-state index in [0.717, 1.165) is 70.9 Å². The molecule has 5 fully saturated rings. The highest BCUT2D eigenvalue weighted by Gasteiger charge is 2.62. The zero-order valence-electron chi connectivity index (χ0n) is 23.6. The molecular weight excluding hydrogens is 514 g/mol. The fourth-order valence-electron chi connectivity index (χ4n) is 7.90. The fourth-order valence-corrected chi connectivity index (χ4v) is 7.90. The summed E-state index contributed by atoms with van der Waals surface area (Å²) in [6.45, 7) is 10.8. The number of nitrogens with one attached hydrogen (secondary N) is 1. The molecule has 1 aliphatic heterocycles. The molecule has 0 aromatic rings. The number of ketones is 1. The summed E-state index contributed by atoms with van der Waals surface area (Å²) in [4.78, 5) is 43.5. The number of Topliss-reactive ketones (excluding diaryl/α,β-unsaturated/α-hetero) is 1. The minimum atomic E-state index is -1.26. The second-order valence-electron chi connectivity index (χ2n) is 12.3. The van der Waals surface area contributed by atoms with Crippen LogP contribution in [-0.4, -0.2) is 65.2 Å². The molecular formula is C30H43N3O7. The van der Waals surface area contributed by atoms with Crippen molar-refractivity contribution in [3.63, 3.8) is 0 Å². The third kappa shape index (κ3) is 6.32. The number of carbonyl (C=O) groups excluding carboxylic acids is 1. The maximum atomic E-state index is 12.8. The maximum absolute atomic E-state index is 12.8. The first-order valence-electron chi connectivity index (χ1n) is 14.5. The van der Waals surface area contributed by atoms with Crippen LogP contribution < -0.4 is 5.32 Å². The Morgan fingerprint density at radius 3 is 2.45 bits per heavy atom. The average molecular weight is 558 g/mol. The first kappa shape index (κ1) is 30.0. The van der Waals surface area contributed by atoms with E-state index in [1.165, 1.54) is 11.4 Å². The van der Waals surface area contributed by atoms with Gasteiger partial charge in [0.15, 0.2) is 0 Å². The number of rotatable bonds is 7. The van der Waals surface area contributed by atoms with Crippen molar-refractivity contribution in [3.8, 4) is 0 Å². The molecule has 3 N–H and O–H groups in total. The average Bonchev–Trinajstić information content (AvgIpc) is 3.55. The molecule has 0 amide bonds. The Kier molecular flexibility index (Phi) is 9.48. The molecule has 1 saturated heterocycles. The second-order valence-corrected chi connectivity index (χ2v) is 12.3. The quantitative estimate of drug-likeness (QED) is 0.183. The van der Waals surface area contributed by atoms with Crippen LogP contribution in [0, 0.1) is 34.5 Å². The fraction of sp³-hybridized carbons (Fsp3) is 0.700. The summed E-state index contributed by atoms with van der Waals surface area (Å²) in [5, 5.41) is 28.3. The van der Waals surface area contributed by atoms with E-state index in [4.69, 9.17) is 19.9 Å². The van der Waals surface area contributed by atoms with E-state index in [9.17, 15) is 14.4 Å². The maximum Gasteiger partial charge on any atom is 0.328 e. The Morgan fingerprint density at radius 2 is 1.80 bits per heavy atom. The van der Waals surface area contributed by atoms with Crippen LogP contribution in [0.2, 0.25) is 0 Å². The predicted octanol–water partition coefficient (Wildman–Crippen LogP) is 4.21. The summed E-state index contributed by atoms with van der Waals surface area (Å²) in [7, 11) is 0. The van der Waals surface area contributed by atoms with Crippen LogP contribution in [0.4, 0.5) is 0 Å². The molecule has 7 atom stereocenters. The lowest BCUT2D eigenvalue weighted by atomic mass is 9.45. The molecule has 10 heteroatoms. The van der Waals surface area contributed by atoms with E-state index in [1.54, 1.807) is 6.08 Å². The zero-order valence-corrected chi connectivity index (χ0v) is 23.6. The lowest BCUT2D eigenvalue weighted by molar-refractivity contribution is -0.134. The number of hydrogen-bond donors (Lipinski definition) is 3. The minimum Gasteiger partial charge on any atom is -0.478 e.